The van der Waals surface area contributed by atoms with Gasteiger partial charge in [0, 0.05) is 18.0 Å². The zero-order valence-electron chi connectivity index (χ0n) is 15.0. The zero-order chi connectivity index (χ0) is 18.8. The monoisotopic (exact) mass is 376 g/mol. The molecule has 1 atom stereocenters. The molecule has 4 nitrogen and oxygen atoms in total. The third kappa shape index (κ3) is 3.44. The lowest BCUT2D eigenvalue weighted by Gasteiger charge is -2.20. The second-order valence-electron chi connectivity index (χ2n) is 6.62. The van der Waals surface area contributed by atoms with E-state index in [1.165, 1.54) is 20.9 Å². The maximum absolute atomic E-state index is 12.5. The molecule has 4 rings (SSSR count). The summed E-state index contributed by atoms with van der Waals surface area (Å²) in [4.78, 5) is 27.5. The molecule has 0 aliphatic carbocycles. The first-order chi connectivity index (χ1) is 13.1. The number of imide groups is 1. The van der Waals surface area contributed by atoms with Gasteiger partial charge in [0.2, 0.25) is 0 Å². The molecule has 1 aromatic heterocycles. The van der Waals surface area contributed by atoms with Crippen LogP contribution in [0.3, 0.4) is 0 Å². The van der Waals surface area contributed by atoms with Crippen molar-refractivity contribution in [3.63, 3.8) is 0 Å². The lowest BCUT2D eigenvalue weighted by atomic mass is 10.0. The van der Waals surface area contributed by atoms with Crippen molar-refractivity contribution in [2.75, 3.05) is 13.1 Å². The number of nitrogens with one attached hydrogen (secondary N) is 1. The van der Waals surface area contributed by atoms with Crippen LogP contribution >= 0.6 is 11.3 Å². The van der Waals surface area contributed by atoms with Crippen molar-refractivity contribution in [2.45, 2.75) is 13.0 Å². The number of aryl methyl sites for hydroxylation is 1. The molecule has 0 unspecified atom stereocenters. The molecule has 2 aromatic carbocycles. The Morgan fingerprint density at radius 2 is 1.59 bits per heavy atom. The predicted octanol–water partition coefficient (Wildman–Crippen LogP) is 4.03. The molecular weight excluding hydrogens is 356 g/mol. The van der Waals surface area contributed by atoms with Gasteiger partial charge in [-0.05, 0) is 36.1 Å². The highest BCUT2D eigenvalue weighted by Gasteiger charge is 2.34. The normalized spacial score (nSPS) is 14.5. The lowest BCUT2D eigenvalue weighted by Crippen LogP contribution is -2.37. The minimum absolute atomic E-state index is 0.0424. The number of carbonyl (C=O) groups is 2. The Labute approximate surface area is 162 Å². The molecule has 1 aliphatic rings. The van der Waals surface area contributed by atoms with Gasteiger partial charge in [-0.25, -0.2) is 0 Å². The highest BCUT2D eigenvalue weighted by molar-refractivity contribution is 7.10. The number of thiophene rings is 1. The summed E-state index contributed by atoms with van der Waals surface area (Å²) in [6.07, 6.45) is 0. The fourth-order valence-corrected chi connectivity index (χ4v) is 4.19. The number of hydrogen-bond acceptors (Lipinski definition) is 4. The number of amides is 2. The molecule has 0 bridgehead atoms. The van der Waals surface area contributed by atoms with Crippen LogP contribution in [0.5, 0.6) is 0 Å². The van der Waals surface area contributed by atoms with Gasteiger partial charge < -0.3 is 5.32 Å². The van der Waals surface area contributed by atoms with E-state index in [0.29, 0.717) is 24.2 Å². The second kappa shape index (κ2) is 7.47. The molecule has 1 aliphatic heterocycles. The quantitative estimate of drug-likeness (QED) is 0.661. The minimum Gasteiger partial charge on any atom is -0.304 e. The number of nitrogens with zero attached hydrogens (tertiary/aromatic N) is 1. The van der Waals surface area contributed by atoms with E-state index in [2.05, 4.69) is 48.0 Å². The maximum atomic E-state index is 12.5. The van der Waals surface area contributed by atoms with Gasteiger partial charge in [0.1, 0.15) is 0 Å². The van der Waals surface area contributed by atoms with Gasteiger partial charge in [-0.3, -0.25) is 14.5 Å². The molecule has 2 amide bonds. The van der Waals surface area contributed by atoms with E-state index in [1.54, 1.807) is 35.6 Å². The number of hydrogen-bond donors (Lipinski definition) is 1. The summed E-state index contributed by atoms with van der Waals surface area (Å²) in [5, 5.41) is 5.57. The SMILES string of the molecule is Cc1ccc([C@@H](NCCN2C(=O)c3ccccc3C2=O)c2cccs2)cc1. The van der Waals surface area contributed by atoms with E-state index in [4.69, 9.17) is 0 Å². The van der Waals surface area contributed by atoms with E-state index >= 15 is 0 Å². The third-order valence-corrected chi connectivity index (χ3v) is 5.74. The number of fused-ring (bicyclic) bond motifs is 1. The standard InChI is InChI=1S/C22H20N2O2S/c1-15-8-10-16(11-9-15)20(19-7-4-14-27-19)23-12-13-24-21(25)17-5-2-3-6-18(17)22(24)26/h2-11,14,20,23H,12-13H2,1H3/t20-/m1/s1. The van der Waals surface area contributed by atoms with Gasteiger partial charge in [-0.2, -0.15) is 0 Å². The number of rotatable bonds is 6. The molecule has 136 valence electrons. The van der Waals surface area contributed by atoms with Crippen LogP contribution < -0.4 is 5.32 Å². The fourth-order valence-electron chi connectivity index (χ4n) is 3.36. The van der Waals surface area contributed by atoms with Gasteiger partial charge in [0.25, 0.3) is 11.8 Å². The van der Waals surface area contributed by atoms with Gasteiger partial charge in [-0.15, -0.1) is 11.3 Å². The highest BCUT2D eigenvalue weighted by atomic mass is 32.1. The Morgan fingerprint density at radius 3 is 2.19 bits per heavy atom. The van der Waals surface area contributed by atoms with E-state index < -0.39 is 0 Å². The van der Waals surface area contributed by atoms with Crippen LogP contribution in [0, 0.1) is 6.92 Å². The largest absolute Gasteiger partial charge is 0.304 e. The van der Waals surface area contributed by atoms with Crippen LogP contribution in [0.25, 0.3) is 0 Å². The Balaban J connectivity index is 1.47. The third-order valence-electron chi connectivity index (χ3n) is 4.80. The minimum atomic E-state index is -0.208. The van der Waals surface area contributed by atoms with Gasteiger partial charge in [-0.1, -0.05) is 48.0 Å². The van der Waals surface area contributed by atoms with Crippen molar-refractivity contribution in [3.8, 4) is 0 Å². The smallest absolute Gasteiger partial charge is 0.261 e. The molecule has 1 N–H and O–H groups in total. The van der Waals surface area contributed by atoms with Crippen molar-refractivity contribution in [1.29, 1.82) is 0 Å². The van der Waals surface area contributed by atoms with Crippen molar-refractivity contribution in [3.05, 3.63) is 93.2 Å². The van der Waals surface area contributed by atoms with Gasteiger partial charge >= 0.3 is 0 Å². The Kier molecular flexibility index (Phi) is 4.88. The molecule has 0 spiro atoms. The van der Waals surface area contributed by atoms with Crippen LogP contribution in [0.4, 0.5) is 0 Å². The first-order valence-electron chi connectivity index (χ1n) is 8.94. The molecule has 5 heteroatoms. The van der Waals surface area contributed by atoms with E-state index in [-0.39, 0.29) is 17.9 Å². The van der Waals surface area contributed by atoms with Crippen LogP contribution in [0.15, 0.2) is 66.0 Å². The average molecular weight is 376 g/mol. The predicted molar refractivity (Wildman–Crippen MR) is 107 cm³/mol. The molecule has 0 fully saturated rings. The van der Waals surface area contributed by atoms with Gasteiger partial charge in [0.15, 0.2) is 0 Å². The highest BCUT2D eigenvalue weighted by Crippen LogP contribution is 2.27. The first kappa shape index (κ1) is 17.6. The van der Waals surface area contributed by atoms with Crippen molar-refractivity contribution in [2.24, 2.45) is 0 Å². The molecule has 27 heavy (non-hydrogen) atoms. The summed E-state index contributed by atoms with van der Waals surface area (Å²) in [5.41, 5.74) is 3.38. The van der Waals surface area contributed by atoms with Crippen molar-refractivity contribution >= 4 is 23.2 Å². The van der Waals surface area contributed by atoms with E-state index in [0.717, 1.165) is 0 Å². The fraction of sp³-hybridized carbons (Fsp3) is 0.182. The summed E-state index contributed by atoms with van der Waals surface area (Å²) < 4.78 is 0. The van der Waals surface area contributed by atoms with Gasteiger partial charge in [0.05, 0.1) is 17.2 Å². The molecule has 0 saturated heterocycles. The van der Waals surface area contributed by atoms with Crippen molar-refractivity contribution < 1.29 is 9.59 Å². The Hall–Kier alpha value is -2.76. The molecule has 3 aromatic rings. The summed E-state index contributed by atoms with van der Waals surface area (Å²) in [6, 6.07) is 19.6. The topological polar surface area (TPSA) is 49.4 Å². The summed E-state index contributed by atoms with van der Waals surface area (Å²) in [7, 11) is 0. The lowest BCUT2D eigenvalue weighted by molar-refractivity contribution is 0.0655. The van der Waals surface area contributed by atoms with Crippen molar-refractivity contribution in [1.82, 2.24) is 10.2 Å². The number of carbonyl (C=O) groups excluding carboxylic acids is 2. The van der Waals surface area contributed by atoms with E-state index in [9.17, 15) is 9.59 Å². The Morgan fingerprint density at radius 1 is 0.926 bits per heavy atom. The molecular formula is C22H20N2O2S. The van der Waals surface area contributed by atoms with E-state index in [1.807, 2.05) is 6.07 Å². The van der Waals surface area contributed by atoms with Crippen LogP contribution in [-0.4, -0.2) is 29.8 Å². The Bertz CT molecular complexity index is 929. The number of benzene rings is 2. The average Bonchev–Trinajstić information content (AvgIpc) is 3.29. The zero-order valence-corrected chi connectivity index (χ0v) is 15.8. The summed E-state index contributed by atoms with van der Waals surface area (Å²) >= 11 is 1.69. The molecule has 0 saturated carbocycles. The molecule has 0 radical (unpaired) electrons. The summed E-state index contributed by atoms with van der Waals surface area (Å²) in [6.45, 7) is 2.95. The maximum Gasteiger partial charge on any atom is 0.261 e. The first-order valence-corrected chi connectivity index (χ1v) is 9.81. The van der Waals surface area contributed by atoms with Crippen LogP contribution in [0.1, 0.15) is 42.8 Å². The summed E-state index contributed by atoms with van der Waals surface area (Å²) in [5.74, 6) is -0.416. The van der Waals surface area contributed by atoms with Crippen LogP contribution in [-0.2, 0) is 0 Å². The molecule has 2 heterocycles. The van der Waals surface area contributed by atoms with Crippen LogP contribution in [0.2, 0.25) is 0 Å². The second-order valence-corrected chi connectivity index (χ2v) is 7.60.